The molecule has 1 fully saturated rings. The van der Waals surface area contributed by atoms with Crippen molar-refractivity contribution in [3.05, 3.63) is 41.7 Å². The van der Waals surface area contributed by atoms with Crippen molar-refractivity contribution in [1.82, 2.24) is 14.8 Å². The number of benzene rings is 1. The van der Waals surface area contributed by atoms with Crippen molar-refractivity contribution < 1.29 is 18.7 Å². The van der Waals surface area contributed by atoms with Crippen LogP contribution in [0, 0.1) is 5.82 Å². The average Bonchev–Trinajstić information content (AvgIpc) is 3.16. The van der Waals surface area contributed by atoms with Gasteiger partial charge in [-0.3, -0.25) is 0 Å². The zero-order valence-electron chi connectivity index (χ0n) is 13.0. The van der Waals surface area contributed by atoms with Gasteiger partial charge in [-0.2, -0.15) is 0 Å². The molecule has 7 heteroatoms. The molecule has 0 bridgehead atoms. The highest BCUT2D eigenvalue weighted by Crippen LogP contribution is 2.19. The lowest BCUT2D eigenvalue weighted by Crippen LogP contribution is -2.19. The predicted molar refractivity (Wildman–Crippen MR) is 80.0 cm³/mol. The van der Waals surface area contributed by atoms with E-state index in [0.717, 1.165) is 0 Å². The molecule has 6 nitrogen and oxygen atoms in total. The first-order chi connectivity index (χ1) is 11.0. The molecule has 3 rings (SSSR count). The molecule has 0 amide bonds. The monoisotopic (exact) mass is 319 g/mol. The van der Waals surface area contributed by atoms with Gasteiger partial charge >= 0.3 is 5.97 Å². The van der Waals surface area contributed by atoms with E-state index in [4.69, 9.17) is 9.47 Å². The maximum Gasteiger partial charge on any atom is 0.378 e. The van der Waals surface area contributed by atoms with Gasteiger partial charge in [0, 0.05) is 12.3 Å². The van der Waals surface area contributed by atoms with Crippen LogP contribution in [0.5, 0.6) is 0 Å². The summed E-state index contributed by atoms with van der Waals surface area (Å²) in [6.45, 7) is 4.84. The third-order valence-corrected chi connectivity index (χ3v) is 3.55. The standard InChI is InChI=1S/C16H18FN3O3/c1-10(2)15-18-14(16(21)23-13-6-7-22-9-13)19-20(15)12-5-3-4-11(17)8-12/h3-5,8,10,13H,6-7,9H2,1-2H3/t13-/m0/s1. The van der Waals surface area contributed by atoms with Crippen LogP contribution < -0.4 is 0 Å². The van der Waals surface area contributed by atoms with Gasteiger partial charge in [0.2, 0.25) is 0 Å². The molecule has 1 aliphatic heterocycles. The Kier molecular flexibility index (Phi) is 4.38. The fourth-order valence-corrected chi connectivity index (χ4v) is 2.39. The molecule has 0 spiro atoms. The second kappa shape index (κ2) is 6.45. The molecule has 1 atom stereocenters. The van der Waals surface area contributed by atoms with E-state index in [9.17, 15) is 9.18 Å². The number of esters is 1. The normalized spacial score (nSPS) is 17.7. The largest absolute Gasteiger partial charge is 0.454 e. The van der Waals surface area contributed by atoms with Crippen LogP contribution in [0.2, 0.25) is 0 Å². The summed E-state index contributed by atoms with van der Waals surface area (Å²) in [6.07, 6.45) is 0.416. The third-order valence-electron chi connectivity index (χ3n) is 3.55. The smallest absolute Gasteiger partial charge is 0.378 e. The highest BCUT2D eigenvalue weighted by molar-refractivity contribution is 5.85. The number of hydrogen-bond acceptors (Lipinski definition) is 5. The molecule has 1 aromatic carbocycles. The second-order valence-electron chi connectivity index (χ2n) is 5.73. The SMILES string of the molecule is CC(C)c1nc(C(=O)O[C@H]2CCOC2)nn1-c1cccc(F)c1. The van der Waals surface area contributed by atoms with Crippen molar-refractivity contribution in [2.45, 2.75) is 32.3 Å². The summed E-state index contributed by atoms with van der Waals surface area (Å²) in [5, 5.41) is 4.21. The zero-order chi connectivity index (χ0) is 16.4. The van der Waals surface area contributed by atoms with Crippen LogP contribution in [0.25, 0.3) is 5.69 Å². The van der Waals surface area contributed by atoms with Gasteiger partial charge in [0.05, 0.1) is 18.9 Å². The Morgan fingerprint density at radius 2 is 2.30 bits per heavy atom. The van der Waals surface area contributed by atoms with Crippen LogP contribution >= 0.6 is 0 Å². The van der Waals surface area contributed by atoms with E-state index in [2.05, 4.69) is 10.1 Å². The molecule has 2 heterocycles. The van der Waals surface area contributed by atoms with Crippen LogP contribution in [-0.4, -0.2) is 40.1 Å². The minimum absolute atomic E-state index is 0.0159. The number of carbonyl (C=O) groups excluding carboxylic acids is 1. The number of carbonyl (C=O) groups is 1. The van der Waals surface area contributed by atoms with Gasteiger partial charge in [0.1, 0.15) is 17.7 Å². The van der Waals surface area contributed by atoms with Crippen molar-refractivity contribution >= 4 is 5.97 Å². The molecule has 0 N–H and O–H groups in total. The first-order valence-electron chi connectivity index (χ1n) is 7.56. The van der Waals surface area contributed by atoms with Crippen molar-refractivity contribution in [2.24, 2.45) is 0 Å². The molecule has 23 heavy (non-hydrogen) atoms. The fourth-order valence-electron chi connectivity index (χ4n) is 2.39. The van der Waals surface area contributed by atoms with Gasteiger partial charge in [-0.1, -0.05) is 19.9 Å². The van der Waals surface area contributed by atoms with Crippen molar-refractivity contribution in [1.29, 1.82) is 0 Å². The van der Waals surface area contributed by atoms with E-state index in [1.165, 1.54) is 16.8 Å². The number of nitrogens with zero attached hydrogens (tertiary/aromatic N) is 3. The molecule has 0 saturated carbocycles. The number of halogens is 1. The van der Waals surface area contributed by atoms with Gasteiger partial charge in [0.25, 0.3) is 5.82 Å². The van der Waals surface area contributed by atoms with Gasteiger partial charge < -0.3 is 9.47 Å². The lowest BCUT2D eigenvalue weighted by Gasteiger charge is -2.07. The summed E-state index contributed by atoms with van der Waals surface area (Å²) < 4.78 is 25.4. The summed E-state index contributed by atoms with van der Waals surface area (Å²) in [4.78, 5) is 16.5. The van der Waals surface area contributed by atoms with Gasteiger partial charge in [-0.05, 0) is 18.2 Å². The van der Waals surface area contributed by atoms with Gasteiger partial charge in [-0.25, -0.2) is 18.9 Å². The van der Waals surface area contributed by atoms with Crippen LogP contribution in [-0.2, 0) is 9.47 Å². The molecule has 0 unspecified atom stereocenters. The summed E-state index contributed by atoms with van der Waals surface area (Å²) >= 11 is 0. The maximum atomic E-state index is 13.5. The Balaban J connectivity index is 1.90. The Morgan fingerprint density at radius 1 is 1.48 bits per heavy atom. The second-order valence-corrected chi connectivity index (χ2v) is 5.73. The van der Waals surface area contributed by atoms with Crippen LogP contribution in [0.4, 0.5) is 4.39 Å². The predicted octanol–water partition coefficient (Wildman–Crippen LogP) is 2.48. The maximum absolute atomic E-state index is 13.5. The lowest BCUT2D eigenvalue weighted by atomic mass is 10.2. The van der Waals surface area contributed by atoms with Crippen molar-refractivity contribution in [2.75, 3.05) is 13.2 Å². The van der Waals surface area contributed by atoms with Gasteiger partial charge in [-0.15, -0.1) is 5.10 Å². The van der Waals surface area contributed by atoms with Crippen LogP contribution in [0.1, 0.15) is 42.6 Å². The Morgan fingerprint density at radius 3 is 2.96 bits per heavy atom. The molecule has 0 radical (unpaired) electrons. The van der Waals surface area contributed by atoms with Crippen molar-refractivity contribution in [3.63, 3.8) is 0 Å². The number of rotatable bonds is 4. The molecule has 1 saturated heterocycles. The molecule has 1 aromatic heterocycles. The minimum atomic E-state index is -0.586. The Labute approximate surface area is 133 Å². The molecule has 122 valence electrons. The van der Waals surface area contributed by atoms with E-state index >= 15 is 0 Å². The highest BCUT2D eigenvalue weighted by atomic mass is 19.1. The Hall–Kier alpha value is -2.28. The number of aromatic nitrogens is 3. The molecular formula is C16H18FN3O3. The first-order valence-corrected chi connectivity index (χ1v) is 7.56. The quantitative estimate of drug-likeness (QED) is 0.810. The van der Waals surface area contributed by atoms with Crippen molar-refractivity contribution in [3.8, 4) is 5.69 Å². The van der Waals surface area contributed by atoms with E-state index in [-0.39, 0.29) is 23.7 Å². The summed E-state index contributed by atoms with van der Waals surface area (Å²) in [6, 6.07) is 6.00. The van der Waals surface area contributed by atoms with Crippen LogP contribution in [0.15, 0.2) is 24.3 Å². The molecule has 1 aliphatic rings. The van der Waals surface area contributed by atoms with E-state index in [1.54, 1.807) is 12.1 Å². The first kappa shape index (κ1) is 15.6. The molecule has 2 aromatic rings. The minimum Gasteiger partial charge on any atom is -0.454 e. The fraction of sp³-hybridized carbons (Fsp3) is 0.438. The number of hydrogen-bond donors (Lipinski definition) is 0. The summed E-state index contributed by atoms with van der Waals surface area (Å²) in [5.41, 5.74) is 0.518. The lowest BCUT2D eigenvalue weighted by molar-refractivity contribution is 0.0257. The van der Waals surface area contributed by atoms with Crippen LogP contribution in [0.3, 0.4) is 0 Å². The average molecular weight is 319 g/mol. The summed E-state index contributed by atoms with van der Waals surface area (Å²) in [5.74, 6) is -0.394. The van der Waals surface area contributed by atoms with E-state index in [1.807, 2.05) is 13.8 Å². The van der Waals surface area contributed by atoms with E-state index < -0.39 is 5.97 Å². The topological polar surface area (TPSA) is 66.2 Å². The Bertz CT molecular complexity index is 708. The third kappa shape index (κ3) is 3.39. The van der Waals surface area contributed by atoms with E-state index in [0.29, 0.717) is 31.1 Å². The summed E-state index contributed by atoms with van der Waals surface area (Å²) in [7, 11) is 0. The molecule has 0 aliphatic carbocycles. The zero-order valence-corrected chi connectivity index (χ0v) is 13.0. The molecular weight excluding hydrogens is 301 g/mol. The highest BCUT2D eigenvalue weighted by Gasteiger charge is 2.25. The van der Waals surface area contributed by atoms with Gasteiger partial charge in [0.15, 0.2) is 0 Å². The number of ether oxygens (including phenoxy) is 2.